The molecule has 1 rings (SSSR count). The maximum Gasteiger partial charge on any atom is 0.310 e. The summed E-state index contributed by atoms with van der Waals surface area (Å²) in [5.41, 5.74) is 0.945. The molecule has 0 aliphatic rings. The van der Waals surface area contributed by atoms with Gasteiger partial charge in [-0.05, 0) is 24.6 Å². The number of rotatable bonds is 8. The first-order valence-electron chi connectivity index (χ1n) is 6.23. The summed E-state index contributed by atoms with van der Waals surface area (Å²) >= 11 is 0. The number of nitro benzene ring substituents is 1. The molecule has 1 aromatic carbocycles. The molecule has 102 valence electrons. The van der Waals surface area contributed by atoms with E-state index in [4.69, 9.17) is 11.2 Å². The van der Waals surface area contributed by atoms with Crippen molar-refractivity contribution in [1.29, 1.82) is 0 Å². The maximum absolute atomic E-state index is 10.9. The summed E-state index contributed by atoms with van der Waals surface area (Å²) in [5, 5.41) is 14.1. The number of ether oxygens (including phenoxy) is 1. The number of hydrogen-bond donors (Lipinski definition) is 1. The zero-order chi connectivity index (χ0) is 14.1. The van der Waals surface area contributed by atoms with E-state index in [0.717, 1.165) is 12.1 Å². The summed E-state index contributed by atoms with van der Waals surface area (Å²) in [5.74, 6) is 2.81. The second-order valence-electron chi connectivity index (χ2n) is 4.00. The first-order chi connectivity index (χ1) is 9.19. The van der Waals surface area contributed by atoms with Gasteiger partial charge in [0.05, 0.1) is 11.5 Å². The monoisotopic (exact) mass is 262 g/mol. The molecular formula is C14H18N2O3. The number of nitrogens with zero attached hydrogens (tertiary/aromatic N) is 1. The Morgan fingerprint density at radius 3 is 2.95 bits per heavy atom. The van der Waals surface area contributed by atoms with E-state index in [1.165, 1.54) is 6.07 Å². The van der Waals surface area contributed by atoms with Crippen molar-refractivity contribution >= 4 is 5.69 Å². The molecule has 0 aromatic heterocycles. The van der Waals surface area contributed by atoms with Crippen molar-refractivity contribution in [1.82, 2.24) is 5.32 Å². The number of hydrogen-bond acceptors (Lipinski definition) is 4. The van der Waals surface area contributed by atoms with Crippen LogP contribution in [0, 0.1) is 22.5 Å². The number of benzene rings is 1. The normalized spacial score (nSPS) is 9.89. The van der Waals surface area contributed by atoms with Crippen LogP contribution in [0.5, 0.6) is 5.75 Å². The number of terminal acetylenes is 1. The second kappa shape index (κ2) is 8.11. The SMILES string of the molecule is C#CCCCOc1cc(CNCC)ccc1[N+](=O)[O-]. The van der Waals surface area contributed by atoms with Gasteiger partial charge in [0.2, 0.25) is 0 Å². The van der Waals surface area contributed by atoms with Crippen LogP contribution in [0.4, 0.5) is 5.69 Å². The van der Waals surface area contributed by atoms with Crippen LogP contribution < -0.4 is 10.1 Å². The molecule has 0 radical (unpaired) electrons. The van der Waals surface area contributed by atoms with Gasteiger partial charge < -0.3 is 10.1 Å². The lowest BCUT2D eigenvalue weighted by Gasteiger charge is -2.08. The average Bonchev–Trinajstić information content (AvgIpc) is 2.41. The minimum absolute atomic E-state index is 0.0130. The molecular weight excluding hydrogens is 244 g/mol. The number of nitrogens with one attached hydrogen (secondary N) is 1. The third-order valence-corrected chi connectivity index (χ3v) is 2.52. The van der Waals surface area contributed by atoms with Gasteiger partial charge in [-0.15, -0.1) is 12.3 Å². The van der Waals surface area contributed by atoms with E-state index in [-0.39, 0.29) is 5.69 Å². The fourth-order valence-electron chi connectivity index (χ4n) is 1.56. The third-order valence-electron chi connectivity index (χ3n) is 2.52. The Morgan fingerprint density at radius 2 is 2.32 bits per heavy atom. The zero-order valence-corrected chi connectivity index (χ0v) is 11.0. The average molecular weight is 262 g/mol. The molecule has 0 aliphatic carbocycles. The predicted octanol–water partition coefficient (Wildman–Crippen LogP) is 2.50. The quantitative estimate of drug-likeness (QED) is 0.338. The van der Waals surface area contributed by atoms with Crippen LogP contribution in [0.2, 0.25) is 0 Å². The number of unbranched alkanes of at least 4 members (excludes halogenated alkanes) is 1. The highest BCUT2D eigenvalue weighted by Gasteiger charge is 2.15. The molecule has 19 heavy (non-hydrogen) atoms. The standard InChI is InChI=1S/C14H18N2O3/c1-3-5-6-9-19-14-10-12(11-15-4-2)7-8-13(14)16(17)18/h1,7-8,10,15H,4-6,9,11H2,2H3. The van der Waals surface area contributed by atoms with Crippen LogP contribution in [0.3, 0.4) is 0 Å². The summed E-state index contributed by atoms with van der Waals surface area (Å²) < 4.78 is 5.46. The van der Waals surface area contributed by atoms with E-state index in [1.54, 1.807) is 12.1 Å². The molecule has 1 N–H and O–H groups in total. The van der Waals surface area contributed by atoms with Gasteiger partial charge in [-0.3, -0.25) is 10.1 Å². The highest BCUT2D eigenvalue weighted by Crippen LogP contribution is 2.28. The van der Waals surface area contributed by atoms with E-state index in [2.05, 4.69) is 11.2 Å². The molecule has 1 aromatic rings. The molecule has 0 saturated heterocycles. The molecule has 0 heterocycles. The van der Waals surface area contributed by atoms with Gasteiger partial charge in [0.25, 0.3) is 0 Å². The molecule has 0 bridgehead atoms. The van der Waals surface area contributed by atoms with Gasteiger partial charge in [-0.1, -0.05) is 13.0 Å². The Bertz CT molecular complexity index is 466. The fourth-order valence-corrected chi connectivity index (χ4v) is 1.56. The molecule has 0 aliphatic heterocycles. The van der Waals surface area contributed by atoms with Crippen molar-refractivity contribution in [3.05, 3.63) is 33.9 Å². The largest absolute Gasteiger partial charge is 0.487 e. The van der Waals surface area contributed by atoms with Gasteiger partial charge in [-0.25, -0.2) is 0 Å². The maximum atomic E-state index is 10.9. The Labute approximate surface area is 113 Å². The third kappa shape index (κ3) is 4.98. The number of nitro groups is 1. The van der Waals surface area contributed by atoms with Gasteiger partial charge >= 0.3 is 5.69 Å². The van der Waals surface area contributed by atoms with E-state index in [9.17, 15) is 10.1 Å². The summed E-state index contributed by atoms with van der Waals surface area (Å²) in [6.45, 7) is 3.89. The van der Waals surface area contributed by atoms with E-state index >= 15 is 0 Å². The van der Waals surface area contributed by atoms with Crippen LogP contribution >= 0.6 is 0 Å². The van der Waals surface area contributed by atoms with E-state index in [0.29, 0.717) is 31.7 Å². The van der Waals surface area contributed by atoms with Crippen molar-refractivity contribution in [2.45, 2.75) is 26.3 Å². The van der Waals surface area contributed by atoms with Gasteiger partial charge in [-0.2, -0.15) is 0 Å². The van der Waals surface area contributed by atoms with Crippen molar-refractivity contribution in [2.75, 3.05) is 13.2 Å². The smallest absolute Gasteiger partial charge is 0.310 e. The Hall–Kier alpha value is -2.06. The Morgan fingerprint density at radius 1 is 1.53 bits per heavy atom. The van der Waals surface area contributed by atoms with Gasteiger partial charge in [0.1, 0.15) is 0 Å². The van der Waals surface area contributed by atoms with Crippen LogP contribution in [0.1, 0.15) is 25.3 Å². The van der Waals surface area contributed by atoms with Crippen LogP contribution in [0.25, 0.3) is 0 Å². The van der Waals surface area contributed by atoms with Crippen LogP contribution in [-0.2, 0) is 6.54 Å². The van der Waals surface area contributed by atoms with E-state index in [1.807, 2.05) is 6.92 Å². The summed E-state index contributed by atoms with van der Waals surface area (Å²) in [6, 6.07) is 4.91. The summed E-state index contributed by atoms with van der Waals surface area (Å²) in [7, 11) is 0. The molecule has 5 heteroatoms. The second-order valence-corrected chi connectivity index (χ2v) is 4.00. The van der Waals surface area contributed by atoms with Crippen molar-refractivity contribution in [3.63, 3.8) is 0 Å². The lowest BCUT2D eigenvalue weighted by Crippen LogP contribution is -2.12. The molecule has 5 nitrogen and oxygen atoms in total. The Kier molecular flexibility index (Phi) is 6.41. The summed E-state index contributed by atoms with van der Waals surface area (Å²) in [4.78, 5) is 10.5. The van der Waals surface area contributed by atoms with Gasteiger partial charge in [0.15, 0.2) is 5.75 Å². The van der Waals surface area contributed by atoms with Crippen molar-refractivity contribution < 1.29 is 9.66 Å². The lowest BCUT2D eigenvalue weighted by molar-refractivity contribution is -0.385. The van der Waals surface area contributed by atoms with Crippen LogP contribution in [0.15, 0.2) is 18.2 Å². The minimum atomic E-state index is -0.437. The van der Waals surface area contributed by atoms with Crippen molar-refractivity contribution in [2.24, 2.45) is 0 Å². The first kappa shape index (κ1) is 15.0. The lowest BCUT2D eigenvalue weighted by atomic mass is 10.2. The van der Waals surface area contributed by atoms with Gasteiger partial charge in [0, 0.05) is 19.0 Å². The Balaban J connectivity index is 2.77. The molecule has 0 atom stereocenters. The molecule has 0 saturated carbocycles. The van der Waals surface area contributed by atoms with E-state index < -0.39 is 4.92 Å². The highest BCUT2D eigenvalue weighted by atomic mass is 16.6. The summed E-state index contributed by atoms with van der Waals surface area (Å²) in [6.07, 6.45) is 6.43. The molecule has 0 fully saturated rings. The fraction of sp³-hybridized carbons (Fsp3) is 0.429. The van der Waals surface area contributed by atoms with Crippen molar-refractivity contribution in [3.8, 4) is 18.1 Å². The molecule has 0 amide bonds. The molecule has 0 spiro atoms. The predicted molar refractivity (Wildman–Crippen MR) is 74.0 cm³/mol. The molecule has 0 unspecified atom stereocenters. The van der Waals surface area contributed by atoms with Crippen LogP contribution in [-0.4, -0.2) is 18.1 Å². The first-order valence-corrected chi connectivity index (χ1v) is 6.23. The zero-order valence-electron chi connectivity index (χ0n) is 11.0. The highest BCUT2D eigenvalue weighted by molar-refractivity contribution is 5.48. The minimum Gasteiger partial charge on any atom is -0.487 e. The topological polar surface area (TPSA) is 64.4 Å².